The molecule has 0 aliphatic carbocycles. The van der Waals surface area contributed by atoms with E-state index in [1.807, 2.05) is 71.9 Å². The van der Waals surface area contributed by atoms with Crippen molar-refractivity contribution in [3.8, 4) is 73.8 Å². The van der Waals surface area contributed by atoms with E-state index in [9.17, 15) is 0 Å². The molecule has 0 saturated heterocycles. The second-order valence-electron chi connectivity index (χ2n) is 11.0. The van der Waals surface area contributed by atoms with Crippen LogP contribution in [-0.4, -0.2) is 39.7 Å². The number of hydrogen-bond donors (Lipinski definition) is 4. The molecule has 1 aliphatic heterocycles. The van der Waals surface area contributed by atoms with Crippen LogP contribution < -0.4 is 4.74 Å². The molecule has 0 fully saturated rings. The lowest BCUT2D eigenvalue weighted by Crippen LogP contribution is -2.23. The van der Waals surface area contributed by atoms with E-state index in [1.54, 1.807) is 0 Å². The number of aromatic nitrogens is 8. The van der Waals surface area contributed by atoms with Crippen LogP contribution in [0.3, 0.4) is 0 Å². The highest BCUT2D eigenvalue weighted by Crippen LogP contribution is 2.43. The fraction of sp³-hybridized carbons (Fsp3) is 0.0278. The van der Waals surface area contributed by atoms with Gasteiger partial charge in [0.25, 0.3) is 0 Å². The maximum atomic E-state index is 6.69. The molecule has 9 heteroatoms. The number of nitrogens with one attached hydrogen (secondary N) is 4. The van der Waals surface area contributed by atoms with Crippen molar-refractivity contribution in [1.29, 1.82) is 0 Å². The molecule has 9 nitrogen and oxygen atoms in total. The SMILES string of the molecule is c1ccc([C@@H]2Oc3cc(-c4cnc(-c5ccc[nH]5)[nH]4)ccc3-c3cc(-c4ccc(-c5cnc(-c6ccc[nH]6)[nH]5)cc4)nn32)cc1. The molecule has 5 aromatic heterocycles. The Labute approximate surface area is 257 Å². The van der Waals surface area contributed by atoms with Gasteiger partial charge in [0.2, 0.25) is 6.23 Å². The molecule has 1 aliphatic rings. The Kier molecular flexibility index (Phi) is 5.67. The molecule has 1 atom stereocenters. The number of ether oxygens (including phenoxy) is 1. The van der Waals surface area contributed by atoms with Crippen LogP contribution >= 0.6 is 0 Å². The lowest BCUT2D eigenvalue weighted by atomic mass is 10.0. The maximum absolute atomic E-state index is 6.69. The van der Waals surface area contributed by atoms with Gasteiger partial charge in [0.1, 0.15) is 5.75 Å². The van der Waals surface area contributed by atoms with Gasteiger partial charge in [-0.2, -0.15) is 5.10 Å². The van der Waals surface area contributed by atoms with Gasteiger partial charge in [0, 0.05) is 34.6 Å². The lowest BCUT2D eigenvalue weighted by Gasteiger charge is -2.28. The van der Waals surface area contributed by atoms with Gasteiger partial charge < -0.3 is 24.7 Å². The van der Waals surface area contributed by atoms with E-state index in [0.717, 1.165) is 79.4 Å². The first-order chi connectivity index (χ1) is 22.3. The quantitative estimate of drug-likeness (QED) is 0.158. The van der Waals surface area contributed by atoms with E-state index in [2.05, 4.69) is 90.6 Å². The molecule has 0 amide bonds. The topological polar surface area (TPSA) is 116 Å². The van der Waals surface area contributed by atoms with Crippen LogP contribution in [0.1, 0.15) is 11.8 Å². The van der Waals surface area contributed by atoms with Gasteiger partial charge in [0.15, 0.2) is 11.6 Å². The van der Waals surface area contributed by atoms with Crippen molar-refractivity contribution in [3.63, 3.8) is 0 Å². The first-order valence-electron chi connectivity index (χ1n) is 14.7. The number of benzene rings is 3. The standard InChI is InChI=1S/C36H26N8O/c1-2-6-24(7-3-1)36-44-32(26-15-14-25(18-33(26)45-36)31-21-40-35(42-31)28-9-5-17-38-28)19-29(43-44)22-10-12-23(13-11-22)30-20-39-34(41-30)27-8-4-16-37-27/h1-21,36-38H,(H,39,41)(H,40,42)/t36-/m0/s1. The summed E-state index contributed by atoms with van der Waals surface area (Å²) in [5.74, 6) is 2.39. The minimum absolute atomic E-state index is 0.412. The predicted octanol–water partition coefficient (Wildman–Crippen LogP) is 7.93. The highest BCUT2D eigenvalue weighted by atomic mass is 16.5. The summed E-state index contributed by atoms with van der Waals surface area (Å²) in [5, 5.41) is 5.08. The normalized spacial score (nSPS) is 13.7. The van der Waals surface area contributed by atoms with Crippen molar-refractivity contribution in [3.05, 3.63) is 133 Å². The highest BCUT2D eigenvalue weighted by molar-refractivity contribution is 5.78. The Bertz CT molecular complexity index is 2240. The third kappa shape index (κ3) is 4.37. The molecular weight excluding hydrogens is 560 g/mol. The third-order valence-electron chi connectivity index (χ3n) is 8.20. The summed E-state index contributed by atoms with van der Waals surface area (Å²) >= 11 is 0. The van der Waals surface area contributed by atoms with E-state index in [0.29, 0.717) is 0 Å². The smallest absolute Gasteiger partial charge is 0.218 e. The summed E-state index contributed by atoms with van der Waals surface area (Å²) in [6.07, 6.45) is 7.08. The number of fused-ring (bicyclic) bond motifs is 3. The zero-order valence-electron chi connectivity index (χ0n) is 23.9. The van der Waals surface area contributed by atoms with Gasteiger partial charge in [-0.05, 0) is 48.0 Å². The second-order valence-corrected chi connectivity index (χ2v) is 11.0. The fourth-order valence-electron chi connectivity index (χ4n) is 5.90. The Morgan fingerprint density at radius 2 is 1.24 bits per heavy atom. The number of H-pyrrole nitrogens is 4. The molecule has 45 heavy (non-hydrogen) atoms. The Hall–Kier alpha value is -6.35. The summed E-state index contributed by atoms with van der Waals surface area (Å²) in [6.45, 7) is 0. The zero-order chi connectivity index (χ0) is 29.7. The van der Waals surface area contributed by atoms with Crippen molar-refractivity contribution in [2.75, 3.05) is 0 Å². The zero-order valence-corrected chi connectivity index (χ0v) is 23.9. The molecule has 0 unspecified atom stereocenters. The van der Waals surface area contributed by atoms with Crippen LogP contribution in [-0.2, 0) is 0 Å². The molecular formula is C36H26N8O. The number of nitrogens with zero attached hydrogens (tertiary/aromatic N) is 4. The van der Waals surface area contributed by atoms with Crippen LogP contribution in [0.25, 0.3) is 68.1 Å². The maximum Gasteiger partial charge on any atom is 0.218 e. The summed E-state index contributed by atoms with van der Waals surface area (Å²) < 4.78 is 8.67. The van der Waals surface area contributed by atoms with E-state index in [4.69, 9.17) is 9.84 Å². The summed E-state index contributed by atoms with van der Waals surface area (Å²) in [7, 11) is 0. The predicted molar refractivity (Wildman–Crippen MR) is 173 cm³/mol. The van der Waals surface area contributed by atoms with Crippen LogP contribution in [0, 0.1) is 0 Å². The van der Waals surface area contributed by atoms with Gasteiger partial charge in [0.05, 0.1) is 46.6 Å². The second kappa shape index (κ2) is 10.1. The molecule has 0 spiro atoms. The number of hydrogen-bond acceptors (Lipinski definition) is 4. The Morgan fingerprint density at radius 1 is 0.600 bits per heavy atom. The van der Waals surface area contributed by atoms with E-state index >= 15 is 0 Å². The number of imidazole rings is 2. The minimum atomic E-state index is -0.412. The summed E-state index contributed by atoms with van der Waals surface area (Å²) in [5.41, 5.74) is 10.7. The lowest BCUT2D eigenvalue weighted by molar-refractivity contribution is 0.154. The fourth-order valence-corrected chi connectivity index (χ4v) is 5.90. The van der Waals surface area contributed by atoms with Crippen LogP contribution in [0.2, 0.25) is 0 Å². The third-order valence-corrected chi connectivity index (χ3v) is 8.20. The van der Waals surface area contributed by atoms with Gasteiger partial charge >= 0.3 is 0 Å². The van der Waals surface area contributed by atoms with Gasteiger partial charge in [-0.15, -0.1) is 0 Å². The van der Waals surface area contributed by atoms with Crippen molar-refractivity contribution < 1.29 is 4.74 Å². The van der Waals surface area contributed by atoms with Crippen molar-refractivity contribution >= 4 is 0 Å². The monoisotopic (exact) mass is 586 g/mol. The minimum Gasteiger partial charge on any atom is -0.464 e. The average molecular weight is 587 g/mol. The van der Waals surface area contributed by atoms with Gasteiger partial charge in [-0.1, -0.05) is 60.7 Å². The first kappa shape index (κ1) is 25.2. The van der Waals surface area contributed by atoms with Crippen molar-refractivity contribution in [1.82, 2.24) is 39.7 Å². The molecule has 216 valence electrons. The van der Waals surface area contributed by atoms with E-state index in [1.165, 1.54) is 0 Å². The summed E-state index contributed by atoms with van der Waals surface area (Å²) in [4.78, 5) is 22.3. The van der Waals surface area contributed by atoms with Crippen molar-refractivity contribution in [2.24, 2.45) is 0 Å². The van der Waals surface area contributed by atoms with E-state index in [-0.39, 0.29) is 0 Å². The number of aromatic amines is 4. The molecule has 0 saturated carbocycles. The average Bonchev–Trinajstić information content (AvgIpc) is 3.93. The summed E-state index contributed by atoms with van der Waals surface area (Å²) in [6, 6.07) is 34.9. The number of rotatable bonds is 6. The first-order valence-corrected chi connectivity index (χ1v) is 14.7. The molecule has 0 bridgehead atoms. The molecule has 0 radical (unpaired) electrons. The molecule has 8 aromatic rings. The molecule has 3 aromatic carbocycles. The van der Waals surface area contributed by atoms with Gasteiger partial charge in [-0.25, -0.2) is 14.6 Å². The van der Waals surface area contributed by atoms with Crippen molar-refractivity contribution in [2.45, 2.75) is 6.23 Å². The van der Waals surface area contributed by atoms with E-state index < -0.39 is 6.23 Å². The van der Waals surface area contributed by atoms with Crippen LogP contribution in [0.15, 0.2) is 128 Å². The molecule has 6 heterocycles. The van der Waals surface area contributed by atoms with Gasteiger partial charge in [-0.3, -0.25) is 0 Å². The highest BCUT2D eigenvalue weighted by Gasteiger charge is 2.29. The van der Waals surface area contributed by atoms with Crippen LogP contribution in [0.4, 0.5) is 0 Å². The Balaban J connectivity index is 1.08. The Morgan fingerprint density at radius 3 is 1.91 bits per heavy atom. The largest absolute Gasteiger partial charge is 0.464 e. The molecule has 4 N–H and O–H groups in total. The molecule has 9 rings (SSSR count). The van der Waals surface area contributed by atoms with Crippen LogP contribution in [0.5, 0.6) is 5.75 Å².